The van der Waals surface area contributed by atoms with Gasteiger partial charge in [0.15, 0.2) is 17.5 Å². The minimum Gasteiger partial charge on any atom is -0.456 e. The molecule has 0 N–H and O–H groups in total. The topological polar surface area (TPSA) is 65.0 Å². The van der Waals surface area contributed by atoms with E-state index in [0.717, 1.165) is 76.2 Å². The third kappa shape index (κ3) is 5.20. The summed E-state index contributed by atoms with van der Waals surface area (Å²) < 4.78 is 13.7. The van der Waals surface area contributed by atoms with Crippen molar-refractivity contribution in [3.63, 3.8) is 0 Å². The fourth-order valence-electron chi connectivity index (χ4n) is 6.85. The van der Waals surface area contributed by atoms with Crippen molar-refractivity contribution in [2.45, 2.75) is 0 Å². The first-order chi connectivity index (χ1) is 25.1. The molecule has 0 saturated heterocycles. The lowest BCUT2D eigenvalue weighted by Gasteiger charge is -2.10. The molecule has 0 aliphatic rings. The molecule has 3 aromatic heterocycles. The second-order valence-corrected chi connectivity index (χ2v) is 13.5. The van der Waals surface area contributed by atoms with Crippen LogP contribution in [0, 0.1) is 0 Å². The number of hydrogen-bond donors (Lipinski definition) is 0. The SMILES string of the molecule is Brc1ccc(-c2ccc(-c3ccc(-c4nc(-c5ccc6c(c5)oc5ccccc56)nc(-c5cccc6c5oc5ccccc56)n4)cc3)cc2)cc1. The summed E-state index contributed by atoms with van der Waals surface area (Å²) in [4.78, 5) is 15.2. The Morgan fingerprint density at radius 3 is 1.49 bits per heavy atom. The van der Waals surface area contributed by atoms with E-state index < -0.39 is 0 Å². The van der Waals surface area contributed by atoms with Gasteiger partial charge >= 0.3 is 0 Å². The fourth-order valence-corrected chi connectivity index (χ4v) is 7.12. The van der Waals surface area contributed by atoms with Gasteiger partial charge in [0, 0.05) is 37.1 Å². The van der Waals surface area contributed by atoms with Crippen molar-refractivity contribution in [3.05, 3.63) is 162 Å². The predicted octanol–water partition coefficient (Wildman–Crippen LogP) is 12.8. The molecule has 0 spiro atoms. The highest BCUT2D eigenvalue weighted by Gasteiger charge is 2.18. The molecular weight excluding hydrogens is 694 g/mol. The number of fused-ring (bicyclic) bond motifs is 6. The molecule has 7 aromatic carbocycles. The molecule has 0 amide bonds. The van der Waals surface area contributed by atoms with E-state index in [4.69, 9.17) is 23.8 Å². The number of aromatic nitrogens is 3. The van der Waals surface area contributed by atoms with E-state index in [1.54, 1.807) is 0 Å². The zero-order valence-electron chi connectivity index (χ0n) is 27.0. The third-order valence-electron chi connectivity index (χ3n) is 9.46. The van der Waals surface area contributed by atoms with Crippen LogP contribution >= 0.6 is 15.9 Å². The van der Waals surface area contributed by atoms with Gasteiger partial charge in [0.25, 0.3) is 0 Å². The average molecular weight is 721 g/mol. The zero-order chi connectivity index (χ0) is 33.9. The van der Waals surface area contributed by atoms with Crippen LogP contribution in [0.25, 0.3) is 100 Å². The lowest BCUT2D eigenvalue weighted by Crippen LogP contribution is -2.00. The summed E-state index contributed by atoms with van der Waals surface area (Å²) in [5.74, 6) is 1.67. The van der Waals surface area contributed by atoms with Gasteiger partial charge in [0.05, 0.1) is 5.56 Å². The summed E-state index contributed by atoms with van der Waals surface area (Å²) in [5.41, 5.74) is 10.3. The summed E-state index contributed by atoms with van der Waals surface area (Å²) in [6.45, 7) is 0. The van der Waals surface area contributed by atoms with Gasteiger partial charge in [-0.2, -0.15) is 0 Å². The van der Waals surface area contributed by atoms with Crippen molar-refractivity contribution in [2.75, 3.05) is 0 Å². The minimum absolute atomic E-state index is 0.539. The van der Waals surface area contributed by atoms with Gasteiger partial charge in [0.2, 0.25) is 0 Å². The average Bonchev–Trinajstić information content (AvgIpc) is 3.76. The van der Waals surface area contributed by atoms with Crippen molar-refractivity contribution in [2.24, 2.45) is 0 Å². The summed E-state index contributed by atoms with van der Waals surface area (Å²) in [6.07, 6.45) is 0. The Morgan fingerprint density at radius 1 is 0.353 bits per heavy atom. The Labute approximate surface area is 301 Å². The summed E-state index contributed by atoms with van der Waals surface area (Å²) in [6, 6.07) is 53.8. The van der Waals surface area contributed by atoms with Gasteiger partial charge in [-0.05, 0) is 64.7 Å². The number of halogens is 1. The molecule has 0 bridgehead atoms. The van der Waals surface area contributed by atoms with Crippen LogP contribution in [0.2, 0.25) is 0 Å². The van der Waals surface area contributed by atoms with Crippen molar-refractivity contribution in [1.29, 1.82) is 0 Å². The largest absolute Gasteiger partial charge is 0.456 e. The molecule has 0 saturated carbocycles. The maximum Gasteiger partial charge on any atom is 0.167 e. The monoisotopic (exact) mass is 719 g/mol. The Hall–Kier alpha value is -6.37. The second kappa shape index (κ2) is 11.9. The second-order valence-electron chi connectivity index (χ2n) is 12.6. The maximum atomic E-state index is 6.41. The normalized spacial score (nSPS) is 11.6. The van der Waals surface area contributed by atoms with Crippen LogP contribution in [0.4, 0.5) is 0 Å². The third-order valence-corrected chi connectivity index (χ3v) is 9.99. The number of rotatable bonds is 5. The number of hydrogen-bond acceptors (Lipinski definition) is 5. The molecule has 240 valence electrons. The highest BCUT2D eigenvalue weighted by molar-refractivity contribution is 9.10. The minimum atomic E-state index is 0.539. The first kappa shape index (κ1) is 29.5. The van der Waals surface area contributed by atoms with E-state index in [-0.39, 0.29) is 0 Å². The van der Waals surface area contributed by atoms with Gasteiger partial charge < -0.3 is 8.83 Å². The number of nitrogens with zero attached hydrogens (tertiary/aromatic N) is 3. The maximum absolute atomic E-state index is 6.41. The van der Waals surface area contributed by atoms with Crippen LogP contribution < -0.4 is 0 Å². The first-order valence-corrected chi connectivity index (χ1v) is 17.5. The molecule has 0 fully saturated rings. The molecule has 10 aromatic rings. The standard InChI is InChI=1S/C45H26BrN3O2/c46-33-23-20-30(21-24-33)28-14-12-27(13-15-28)29-16-18-31(19-17-29)43-47-44(32-22-25-36-34-6-1-3-10-39(34)50-41(36)26-32)49-45(48-43)38-9-5-8-37-35-7-2-4-11-40(35)51-42(37)38/h1-26H. The van der Waals surface area contributed by atoms with Crippen LogP contribution in [0.3, 0.4) is 0 Å². The summed E-state index contributed by atoms with van der Waals surface area (Å²) >= 11 is 3.52. The van der Waals surface area contributed by atoms with Crippen molar-refractivity contribution < 1.29 is 8.83 Å². The van der Waals surface area contributed by atoms with Gasteiger partial charge in [-0.1, -0.05) is 131 Å². The van der Waals surface area contributed by atoms with E-state index in [1.165, 1.54) is 11.1 Å². The van der Waals surface area contributed by atoms with Crippen molar-refractivity contribution in [1.82, 2.24) is 15.0 Å². The van der Waals surface area contributed by atoms with Crippen LogP contribution in [0.1, 0.15) is 0 Å². The Kier molecular flexibility index (Phi) is 6.89. The summed E-state index contributed by atoms with van der Waals surface area (Å²) in [5, 5.41) is 4.21. The highest BCUT2D eigenvalue weighted by atomic mass is 79.9. The first-order valence-electron chi connectivity index (χ1n) is 16.7. The molecule has 0 aliphatic carbocycles. The smallest absolute Gasteiger partial charge is 0.167 e. The highest BCUT2D eigenvalue weighted by Crippen LogP contribution is 2.37. The van der Waals surface area contributed by atoms with Gasteiger partial charge in [0.1, 0.15) is 22.3 Å². The molecule has 0 unspecified atom stereocenters. The number of furan rings is 2. The lowest BCUT2D eigenvalue weighted by atomic mass is 9.99. The van der Waals surface area contributed by atoms with E-state index >= 15 is 0 Å². The molecule has 0 radical (unpaired) electrons. The zero-order valence-corrected chi connectivity index (χ0v) is 28.6. The Balaban J connectivity index is 1.08. The summed E-state index contributed by atoms with van der Waals surface area (Å²) in [7, 11) is 0. The molecule has 0 aliphatic heterocycles. The molecule has 5 nitrogen and oxygen atoms in total. The van der Waals surface area contributed by atoms with Gasteiger partial charge in [-0.15, -0.1) is 0 Å². The van der Waals surface area contributed by atoms with E-state index in [0.29, 0.717) is 17.5 Å². The number of benzene rings is 7. The van der Waals surface area contributed by atoms with E-state index in [1.807, 2.05) is 54.6 Å². The van der Waals surface area contributed by atoms with E-state index in [2.05, 4.69) is 119 Å². The Morgan fingerprint density at radius 2 is 0.824 bits per heavy atom. The molecule has 51 heavy (non-hydrogen) atoms. The fraction of sp³-hybridized carbons (Fsp3) is 0. The van der Waals surface area contributed by atoms with Gasteiger partial charge in [-0.25, -0.2) is 15.0 Å². The van der Waals surface area contributed by atoms with Crippen LogP contribution in [0.15, 0.2) is 171 Å². The quantitative estimate of drug-likeness (QED) is 0.177. The van der Waals surface area contributed by atoms with Crippen molar-refractivity contribution in [3.8, 4) is 56.4 Å². The molecular formula is C45H26BrN3O2. The van der Waals surface area contributed by atoms with Crippen LogP contribution in [0.5, 0.6) is 0 Å². The molecule has 10 rings (SSSR count). The predicted molar refractivity (Wildman–Crippen MR) is 209 cm³/mol. The van der Waals surface area contributed by atoms with Crippen molar-refractivity contribution >= 4 is 59.8 Å². The Bertz CT molecular complexity index is 2910. The molecule has 6 heteroatoms. The molecule has 0 atom stereocenters. The number of para-hydroxylation sites is 3. The van der Waals surface area contributed by atoms with Crippen LogP contribution in [-0.4, -0.2) is 15.0 Å². The van der Waals surface area contributed by atoms with Gasteiger partial charge in [-0.3, -0.25) is 0 Å². The van der Waals surface area contributed by atoms with E-state index in [9.17, 15) is 0 Å². The van der Waals surface area contributed by atoms with Crippen LogP contribution in [-0.2, 0) is 0 Å². The molecule has 3 heterocycles. The lowest BCUT2D eigenvalue weighted by molar-refractivity contribution is 0.668.